The van der Waals surface area contributed by atoms with Crippen LogP contribution in [0.25, 0.3) is 0 Å². The van der Waals surface area contributed by atoms with Crippen LogP contribution in [0.15, 0.2) is 18.3 Å². The highest BCUT2D eigenvalue weighted by atomic mass is 79.9. The third kappa shape index (κ3) is 5.03. The Balaban J connectivity index is 2.51. The van der Waals surface area contributed by atoms with E-state index in [9.17, 15) is 18.0 Å². The zero-order valence-electron chi connectivity index (χ0n) is 9.43. The number of nitrogens with one attached hydrogen (secondary N) is 1. The number of hydrogen-bond acceptors (Lipinski definition) is 2. The first-order valence-corrected chi connectivity index (χ1v) is 6.44. The van der Waals surface area contributed by atoms with E-state index in [0.717, 1.165) is 30.4 Å². The molecule has 18 heavy (non-hydrogen) atoms. The molecule has 100 valence electrons. The number of amides is 1. The molecule has 1 N–H and O–H groups in total. The lowest BCUT2D eigenvalue weighted by molar-refractivity contribution is -0.141. The molecular weight excluding hydrogens is 313 g/mol. The fourth-order valence-electron chi connectivity index (χ4n) is 1.24. The van der Waals surface area contributed by atoms with E-state index in [2.05, 4.69) is 26.2 Å². The molecule has 3 nitrogen and oxygen atoms in total. The summed E-state index contributed by atoms with van der Waals surface area (Å²) in [6.45, 7) is 0. The zero-order valence-corrected chi connectivity index (χ0v) is 11.0. The van der Waals surface area contributed by atoms with E-state index >= 15 is 0 Å². The van der Waals surface area contributed by atoms with Crippen LogP contribution < -0.4 is 5.32 Å². The van der Waals surface area contributed by atoms with Gasteiger partial charge in [0, 0.05) is 11.8 Å². The summed E-state index contributed by atoms with van der Waals surface area (Å²) in [7, 11) is 0. The van der Waals surface area contributed by atoms with E-state index in [1.165, 1.54) is 6.07 Å². The second-order valence-electron chi connectivity index (χ2n) is 3.62. The molecule has 0 atom stereocenters. The largest absolute Gasteiger partial charge is 0.433 e. The van der Waals surface area contributed by atoms with Gasteiger partial charge in [-0.25, -0.2) is 4.98 Å². The van der Waals surface area contributed by atoms with Crippen molar-refractivity contribution in [1.82, 2.24) is 4.98 Å². The SMILES string of the molecule is O=C(CCCCBr)Nc1ccc(C(F)(F)F)nc1. The predicted octanol–water partition coefficient (Wildman–Crippen LogP) is 3.60. The second-order valence-corrected chi connectivity index (χ2v) is 4.42. The van der Waals surface area contributed by atoms with Crippen LogP contribution in [0.2, 0.25) is 0 Å². The van der Waals surface area contributed by atoms with E-state index in [0.29, 0.717) is 6.42 Å². The maximum absolute atomic E-state index is 12.2. The molecular formula is C11H12BrF3N2O. The summed E-state index contributed by atoms with van der Waals surface area (Å²) >= 11 is 3.24. The number of pyridine rings is 1. The molecule has 1 aromatic rings. The first kappa shape index (κ1) is 14.9. The van der Waals surface area contributed by atoms with Crippen LogP contribution in [-0.4, -0.2) is 16.2 Å². The van der Waals surface area contributed by atoms with Crippen molar-refractivity contribution in [2.45, 2.75) is 25.4 Å². The Bertz CT molecular complexity index is 392. The van der Waals surface area contributed by atoms with Gasteiger partial charge in [0.05, 0.1) is 11.9 Å². The Morgan fingerprint density at radius 1 is 1.33 bits per heavy atom. The fraction of sp³-hybridized carbons (Fsp3) is 0.455. The first-order chi connectivity index (χ1) is 8.43. The standard InChI is InChI=1S/C11H12BrF3N2O/c12-6-2-1-3-10(18)17-8-4-5-9(16-7-8)11(13,14)15/h4-5,7H,1-3,6H2,(H,17,18). The molecule has 1 heterocycles. The van der Waals surface area contributed by atoms with E-state index in [1.54, 1.807) is 0 Å². The van der Waals surface area contributed by atoms with Crippen LogP contribution in [0.5, 0.6) is 0 Å². The van der Waals surface area contributed by atoms with Crippen molar-refractivity contribution in [3.63, 3.8) is 0 Å². The Hall–Kier alpha value is -1.11. The molecule has 0 saturated carbocycles. The van der Waals surface area contributed by atoms with Crippen LogP contribution in [-0.2, 0) is 11.0 Å². The zero-order chi connectivity index (χ0) is 13.6. The number of alkyl halides is 4. The number of unbranched alkanes of at least 4 members (excludes halogenated alkanes) is 1. The maximum Gasteiger partial charge on any atom is 0.433 e. The van der Waals surface area contributed by atoms with Crippen molar-refractivity contribution in [3.05, 3.63) is 24.0 Å². The van der Waals surface area contributed by atoms with E-state index in [-0.39, 0.29) is 11.6 Å². The summed E-state index contributed by atoms with van der Waals surface area (Å²) in [6, 6.07) is 2.03. The highest BCUT2D eigenvalue weighted by Gasteiger charge is 2.32. The summed E-state index contributed by atoms with van der Waals surface area (Å²) in [5.74, 6) is -0.225. The van der Waals surface area contributed by atoms with E-state index in [1.807, 2.05) is 0 Å². The monoisotopic (exact) mass is 324 g/mol. The van der Waals surface area contributed by atoms with Crippen molar-refractivity contribution in [2.24, 2.45) is 0 Å². The minimum atomic E-state index is -4.46. The van der Waals surface area contributed by atoms with Gasteiger partial charge in [0.2, 0.25) is 5.91 Å². The summed E-state index contributed by atoms with van der Waals surface area (Å²) < 4.78 is 36.7. The summed E-state index contributed by atoms with van der Waals surface area (Å²) in [4.78, 5) is 14.6. The molecule has 0 aliphatic rings. The molecule has 0 aliphatic carbocycles. The van der Waals surface area contributed by atoms with Crippen LogP contribution >= 0.6 is 15.9 Å². The summed E-state index contributed by atoms with van der Waals surface area (Å²) in [6.07, 6.45) is -1.51. The third-order valence-electron chi connectivity index (χ3n) is 2.13. The average Bonchev–Trinajstić information content (AvgIpc) is 2.29. The Labute approximate surface area is 111 Å². The Kier molecular flexibility index (Phi) is 5.58. The molecule has 7 heteroatoms. The first-order valence-electron chi connectivity index (χ1n) is 5.32. The van der Waals surface area contributed by atoms with Crippen LogP contribution in [0, 0.1) is 0 Å². The molecule has 1 rings (SSSR count). The van der Waals surface area contributed by atoms with Crippen molar-refractivity contribution in [2.75, 3.05) is 10.6 Å². The van der Waals surface area contributed by atoms with Crippen LogP contribution in [0.4, 0.5) is 18.9 Å². The van der Waals surface area contributed by atoms with Gasteiger partial charge in [-0.05, 0) is 25.0 Å². The third-order valence-corrected chi connectivity index (χ3v) is 2.69. The molecule has 0 aromatic carbocycles. The van der Waals surface area contributed by atoms with Crippen molar-refractivity contribution in [3.8, 4) is 0 Å². The molecule has 0 radical (unpaired) electrons. The van der Waals surface area contributed by atoms with Crippen molar-refractivity contribution < 1.29 is 18.0 Å². The summed E-state index contributed by atoms with van der Waals surface area (Å²) in [5, 5.41) is 3.32. The number of nitrogens with zero attached hydrogens (tertiary/aromatic N) is 1. The van der Waals surface area contributed by atoms with Crippen LogP contribution in [0.1, 0.15) is 25.0 Å². The molecule has 0 saturated heterocycles. The second kappa shape index (κ2) is 6.72. The number of anilines is 1. The van der Waals surface area contributed by atoms with Crippen LogP contribution in [0.3, 0.4) is 0 Å². The van der Waals surface area contributed by atoms with Gasteiger partial charge < -0.3 is 5.32 Å². The topological polar surface area (TPSA) is 42.0 Å². The minimum absolute atomic E-state index is 0.225. The molecule has 1 amide bonds. The maximum atomic E-state index is 12.2. The normalized spacial score (nSPS) is 11.3. The number of aromatic nitrogens is 1. The highest BCUT2D eigenvalue weighted by Crippen LogP contribution is 2.27. The number of hydrogen-bond donors (Lipinski definition) is 1. The Morgan fingerprint density at radius 2 is 2.06 bits per heavy atom. The quantitative estimate of drug-likeness (QED) is 0.664. The van der Waals surface area contributed by atoms with Gasteiger partial charge in [-0.3, -0.25) is 4.79 Å². The van der Waals surface area contributed by atoms with Gasteiger partial charge in [0.1, 0.15) is 5.69 Å². The lowest BCUT2D eigenvalue weighted by Gasteiger charge is -2.07. The molecule has 1 aromatic heterocycles. The van der Waals surface area contributed by atoms with Crippen molar-refractivity contribution >= 4 is 27.5 Å². The van der Waals surface area contributed by atoms with E-state index in [4.69, 9.17) is 0 Å². The number of halogens is 4. The van der Waals surface area contributed by atoms with Gasteiger partial charge in [-0.15, -0.1) is 0 Å². The average molecular weight is 325 g/mol. The van der Waals surface area contributed by atoms with Gasteiger partial charge in [-0.2, -0.15) is 13.2 Å². The smallest absolute Gasteiger partial charge is 0.325 e. The van der Waals surface area contributed by atoms with Gasteiger partial charge in [0.25, 0.3) is 0 Å². The van der Waals surface area contributed by atoms with Gasteiger partial charge in [-0.1, -0.05) is 15.9 Å². The molecule has 0 unspecified atom stereocenters. The number of carbonyl (C=O) groups is 1. The molecule has 0 spiro atoms. The van der Waals surface area contributed by atoms with Gasteiger partial charge >= 0.3 is 6.18 Å². The lowest BCUT2D eigenvalue weighted by atomic mass is 10.2. The molecule has 0 aliphatic heterocycles. The van der Waals surface area contributed by atoms with Crippen molar-refractivity contribution in [1.29, 1.82) is 0 Å². The fourth-order valence-corrected chi connectivity index (χ4v) is 1.64. The predicted molar refractivity (Wildman–Crippen MR) is 65.5 cm³/mol. The Morgan fingerprint density at radius 3 is 2.56 bits per heavy atom. The molecule has 0 bridgehead atoms. The molecule has 0 fully saturated rings. The minimum Gasteiger partial charge on any atom is -0.325 e. The summed E-state index contributed by atoms with van der Waals surface area (Å²) in [5.41, 5.74) is -0.702. The number of carbonyl (C=O) groups excluding carboxylic acids is 1. The van der Waals surface area contributed by atoms with E-state index < -0.39 is 11.9 Å². The lowest BCUT2D eigenvalue weighted by Crippen LogP contribution is -2.13. The van der Waals surface area contributed by atoms with Gasteiger partial charge in [0.15, 0.2) is 0 Å². The number of rotatable bonds is 5. The highest BCUT2D eigenvalue weighted by molar-refractivity contribution is 9.09.